The smallest absolute Gasteiger partial charge is 0.254 e. The van der Waals surface area contributed by atoms with Crippen molar-refractivity contribution in [2.45, 2.75) is 12.8 Å². The van der Waals surface area contributed by atoms with Crippen LogP contribution in [0.4, 0.5) is 5.82 Å². The van der Waals surface area contributed by atoms with Crippen LogP contribution in [0.2, 0.25) is 5.02 Å². The first-order valence-corrected chi connectivity index (χ1v) is 8.97. The predicted molar refractivity (Wildman–Crippen MR) is 98.2 cm³/mol. The highest BCUT2D eigenvalue weighted by atomic mass is 35.5. The Morgan fingerprint density at radius 1 is 1.27 bits per heavy atom. The predicted octanol–water partition coefficient (Wildman–Crippen LogP) is 2.50. The quantitative estimate of drug-likeness (QED) is 0.803. The molecule has 1 N–H and O–H groups in total. The molecule has 0 unspecified atom stereocenters. The molecule has 26 heavy (non-hydrogen) atoms. The number of benzene rings is 1. The van der Waals surface area contributed by atoms with Gasteiger partial charge in [0.1, 0.15) is 12.8 Å². The van der Waals surface area contributed by atoms with Crippen molar-refractivity contribution in [3.63, 3.8) is 0 Å². The molecule has 2 amide bonds. The van der Waals surface area contributed by atoms with E-state index in [4.69, 9.17) is 16.1 Å². The number of nitrogens with zero attached hydrogens (tertiary/aromatic N) is 3. The van der Waals surface area contributed by atoms with E-state index in [1.54, 1.807) is 35.2 Å². The molecule has 8 heteroatoms. The third-order valence-corrected chi connectivity index (χ3v) is 4.52. The molecule has 0 saturated carbocycles. The molecule has 0 aliphatic carbocycles. The second kappa shape index (κ2) is 8.82. The van der Waals surface area contributed by atoms with Crippen LogP contribution < -0.4 is 5.32 Å². The number of hydrogen-bond acceptors (Lipinski definition) is 5. The van der Waals surface area contributed by atoms with Gasteiger partial charge in [-0.15, -0.1) is 0 Å². The van der Waals surface area contributed by atoms with E-state index in [0.717, 1.165) is 19.6 Å². The van der Waals surface area contributed by atoms with Crippen molar-refractivity contribution < 1.29 is 14.1 Å². The highest BCUT2D eigenvalue weighted by molar-refractivity contribution is 6.31. The number of hydrogen-bond donors (Lipinski definition) is 1. The lowest BCUT2D eigenvalue weighted by atomic mass is 10.2. The summed E-state index contributed by atoms with van der Waals surface area (Å²) in [6.45, 7) is 3.21. The molecule has 7 nitrogen and oxygen atoms in total. The Morgan fingerprint density at radius 3 is 2.77 bits per heavy atom. The lowest BCUT2D eigenvalue weighted by Crippen LogP contribution is -2.42. The minimum absolute atomic E-state index is 0.0634. The summed E-state index contributed by atoms with van der Waals surface area (Å²) in [5, 5.41) is 6.76. The van der Waals surface area contributed by atoms with E-state index in [0.29, 0.717) is 22.9 Å². The van der Waals surface area contributed by atoms with E-state index in [2.05, 4.69) is 15.4 Å². The summed E-state index contributed by atoms with van der Waals surface area (Å²) in [6, 6.07) is 8.30. The zero-order valence-corrected chi connectivity index (χ0v) is 15.1. The van der Waals surface area contributed by atoms with Gasteiger partial charge in [-0.1, -0.05) is 22.8 Å². The molecule has 1 fully saturated rings. The molecule has 3 rings (SSSR count). The van der Waals surface area contributed by atoms with E-state index in [9.17, 15) is 9.59 Å². The minimum atomic E-state index is -0.323. The number of amides is 2. The fraction of sp³-hybridized carbons (Fsp3) is 0.389. The van der Waals surface area contributed by atoms with Gasteiger partial charge >= 0.3 is 0 Å². The van der Waals surface area contributed by atoms with Gasteiger partial charge in [0.15, 0.2) is 5.82 Å². The number of likely N-dealkylation sites (tertiary alicyclic amines) is 1. The van der Waals surface area contributed by atoms with Crippen LogP contribution in [-0.4, -0.2) is 59.5 Å². The first-order valence-electron chi connectivity index (χ1n) is 8.59. The van der Waals surface area contributed by atoms with E-state index >= 15 is 0 Å². The lowest BCUT2D eigenvalue weighted by Gasteiger charge is -2.25. The third-order valence-electron chi connectivity index (χ3n) is 4.28. The number of rotatable bonds is 7. The van der Waals surface area contributed by atoms with Crippen molar-refractivity contribution in [2.75, 3.05) is 38.0 Å². The Balaban J connectivity index is 1.67. The van der Waals surface area contributed by atoms with Crippen LogP contribution >= 0.6 is 11.6 Å². The standard InChI is InChI=1S/C18H21ClN4O3/c19-15-5-3-4-14(12-15)18(25)23(10-9-22-7-1-2-8-22)13-17(24)20-16-6-11-26-21-16/h3-6,11-12H,1-2,7-10,13H2,(H,20,21,24). The van der Waals surface area contributed by atoms with Crippen LogP contribution in [0.3, 0.4) is 0 Å². The summed E-state index contributed by atoms with van der Waals surface area (Å²) in [5.41, 5.74) is 0.466. The van der Waals surface area contributed by atoms with E-state index in [1.165, 1.54) is 19.1 Å². The second-order valence-corrected chi connectivity index (χ2v) is 6.66. The lowest BCUT2D eigenvalue weighted by molar-refractivity contribution is -0.117. The number of carbonyl (C=O) groups is 2. The van der Waals surface area contributed by atoms with Crippen LogP contribution in [0.15, 0.2) is 41.1 Å². The Morgan fingerprint density at radius 2 is 2.08 bits per heavy atom. The number of halogens is 1. The molecule has 0 radical (unpaired) electrons. The van der Waals surface area contributed by atoms with Gasteiger partial charge in [0.2, 0.25) is 5.91 Å². The first-order chi connectivity index (χ1) is 12.6. The maximum atomic E-state index is 12.9. The molecule has 2 heterocycles. The molecule has 1 saturated heterocycles. The summed E-state index contributed by atoms with van der Waals surface area (Å²) >= 11 is 6.00. The van der Waals surface area contributed by atoms with E-state index < -0.39 is 0 Å². The van der Waals surface area contributed by atoms with Gasteiger partial charge in [-0.25, -0.2) is 0 Å². The molecule has 0 bridgehead atoms. The van der Waals surface area contributed by atoms with Gasteiger partial charge in [0.25, 0.3) is 5.91 Å². The van der Waals surface area contributed by atoms with Crippen LogP contribution in [-0.2, 0) is 4.79 Å². The van der Waals surface area contributed by atoms with E-state index in [-0.39, 0.29) is 18.4 Å². The van der Waals surface area contributed by atoms with Crippen LogP contribution in [0.25, 0.3) is 0 Å². The summed E-state index contributed by atoms with van der Waals surface area (Å²) in [4.78, 5) is 29.0. The van der Waals surface area contributed by atoms with Gasteiger partial charge in [0.05, 0.1) is 0 Å². The van der Waals surface area contributed by atoms with E-state index in [1.807, 2.05) is 0 Å². The molecule has 0 spiro atoms. The van der Waals surface area contributed by atoms with Gasteiger partial charge in [-0.3, -0.25) is 9.59 Å². The normalized spacial score (nSPS) is 14.3. The summed E-state index contributed by atoms with van der Waals surface area (Å²) in [7, 11) is 0. The molecular weight excluding hydrogens is 356 g/mol. The van der Waals surface area contributed by atoms with Crippen molar-refractivity contribution in [1.82, 2.24) is 15.0 Å². The Bertz CT molecular complexity index is 745. The number of carbonyl (C=O) groups excluding carboxylic acids is 2. The van der Waals surface area contributed by atoms with Gasteiger partial charge in [-0.05, 0) is 44.1 Å². The largest absolute Gasteiger partial charge is 0.363 e. The zero-order chi connectivity index (χ0) is 18.4. The van der Waals surface area contributed by atoms with Crippen LogP contribution in [0.5, 0.6) is 0 Å². The average Bonchev–Trinajstić information content (AvgIpc) is 3.31. The highest BCUT2D eigenvalue weighted by Gasteiger charge is 2.21. The van der Waals surface area contributed by atoms with Gasteiger partial charge in [0, 0.05) is 29.7 Å². The fourth-order valence-electron chi connectivity index (χ4n) is 2.96. The van der Waals surface area contributed by atoms with Crippen LogP contribution in [0, 0.1) is 0 Å². The SMILES string of the molecule is O=C(CN(CCN1CCCC1)C(=O)c1cccc(Cl)c1)Nc1ccon1. The molecule has 2 aromatic rings. The zero-order valence-electron chi connectivity index (χ0n) is 14.4. The Hall–Kier alpha value is -2.38. The Labute approximate surface area is 156 Å². The van der Waals surface area contributed by atoms with Crippen molar-refractivity contribution in [1.29, 1.82) is 0 Å². The summed E-state index contributed by atoms with van der Waals surface area (Å²) in [5.74, 6) is -0.220. The van der Waals surface area contributed by atoms with Gasteiger partial charge < -0.3 is 19.6 Å². The second-order valence-electron chi connectivity index (χ2n) is 6.22. The number of nitrogens with one attached hydrogen (secondary N) is 1. The fourth-order valence-corrected chi connectivity index (χ4v) is 3.15. The van der Waals surface area contributed by atoms with Crippen LogP contribution in [0.1, 0.15) is 23.2 Å². The Kier molecular flexibility index (Phi) is 6.25. The third kappa shape index (κ3) is 5.06. The molecular formula is C18H21ClN4O3. The molecule has 1 aliphatic heterocycles. The molecule has 0 atom stereocenters. The average molecular weight is 377 g/mol. The minimum Gasteiger partial charge on any atom is -0.363 e. The topological polar surface area (TPSA) is 78.7 Å². The summed E-state index contributed by atoms with van der Waals surface area (Å²) < 4.78 is 4.70. The van der Waals surface area contributed by atoms with Crippen molar-refractivity contribution in [3.05, 3.63) is 47.2 Å². The molecule has 1 aromatic heterocycles. The monoisotopic (exact) mass is 376 g/mol. The first kappa shape index (κ1) is 18.4. The number of anilines is 1. The highest BCUT2D eigenvalue weighted by Crippen LogP contribution is 2.14. The van der Waals surface area contributed by atoms with Crippen molar-refractivity contribution in [3.8, 4) is 0 Å². The summed E-state index contributed by atoms with van der Waals surface area (Å²) in [6.07, 6.45) is 3.72. The van der Waals surface area contributed by atoms with Crippen molar-refractivity contribution >= 4 is 29.2 Å². The molecule has 1 aliphatic rings. The maximum absolute atomic E-state index is 12.9. The van der Waals surface area contributed by atoms with Gasteiger partial charge in [-0.2, -0.15) is 0 Å². The maximum Gasteiger partial charge on any atom is 0.254 e. The molecule has 1 aromatic carbocycles. The number of aromatic nitrogens is 1. The van der Waals surface area contributed by atoms with Crippen molar-refractivity contribution in [2.24, 2.45) is 0 Å². The molecule has 138 valence electrons.